The first-order chi connectivity index (χ1) is 11.7. The second-order valence-corrected chi connectivity index (χ2v) is 6.69. The minimum atomic E-state index is -0.133. The topological polar surface area (TPSA) is 51.3 Å². The Labute approximate surface area is 144 Å². The van der Waals surface area contributed by atoms with E-state index in [1.54, 1.807) is 21.3 Å². The van der Waals surface area contributed by atoms with E-state index in [1.165, 1.54) is 0 Å². The van der Waals surface area contributed by atoms with Crippen molar-refractivity contribution in [3.8, 4) is 5.69 Å². The smallest absolute Gasteiger partial charge is 0.284 e. The molecule has 1 aromatic carbocycles. The van der Waals surface area contributed by atoms with Crippen LogP contribution in [0.4, 0.5) is 0 Å². The molecule has 0 aliphatic carbocycles. The molecule has 0 radical (unpaired) electrons. The molecule has 1 saturated heterocycles. The van der Waals surface area contributed by atoms with E-state index in [2.05, 4.69) is 12.2 Å². The lowest BCUT2D eigenvalue weighted by Crippen LogP contribution is -2.34. The van der Waals surface area contributed by atoms with Crippen LogP contribution < -0.4 is 10.9 Å². The van der Waals surface area contributed by atoms with Gasteiger partial charge in [-0.2, -0.15) is 5.10 Å². The van der Waals surface area contributed by atoms with Gasteiger partial charge in [-0.15, -0.1) is 0 Å². The van der Waals surface area contributed by atoms with Crippen molar-refractivity contribution in [3.05, 3.63) is 63.8 Å². The maximum Gasteiger partial charge on any atom is 0.284 e. The molecule has 124 valence electrons. The largest absolute Gasteiger partial charge is 0.313 e. The summed E-state index contributed by atoms with van der Waals surface area (Å²) in [6.45, 7) is 3.14. The normalized spacial score (nSPS) is 19.0. The van der Waals surface area contributed by atoms with Crippen molar-refractivity contribution in [1.82, 2.24) is 19.5 Å². The summed E-state index contributed by atoms with van der Waals surface area (Å²) >= 11 is 6.21. The fraction of sp³-hybridized carbons (Fsp3) is 0.333. The first-order valence-corrected chi connectivity index (χ1v) is 8.63. The molecule has 5 nitrogen and oxygen atoms in total. The zero-order valence-electron chi connectivity index (χ0n) is 13.4. The molecule has 0 spiro atoms. The SMILES string of the molecule is CC(c1nn2ccc(Cl)c2c(=O)n1-c1ccccc1)C1CCCN1. The third-order valence-corrected chi connectivity index (χ3v) is 5.09. The minimum Gasteiger partial charge on any atom is -0.313 e. The summed E-state index contributed by atoms with van der Waals surface area (Å²) in [4.78, 5) is 13.1. The third kappa shape index (κ3) is 2.44. The Morgan fingerprint density at radius 3 is 2.79 bits per heavy atom. The van der Waals surface area contributed by atoms with Gasteiger partial charge in [-0.1, -0.05) is 36.7 Å². The van der Waals surface area contributed by atoms with Crippen molar-refractivity contribution in [2.75, 3.05) is 6.54 Å². The number of hydrogen-bond acceptors (Lipinski definition) is 3. The summed E-state index contributed by atoms with van der Waals surface area (Å²) in [7, 11) is 0. The summed E-state index contributed by atoms with van der Waals surface area (Å²) in [6, 6.07) is 11.7. The summed E-state index contributed by atoms with van der Waals surface area (Å²) in [5.74, 6) is 0.872. The van der Waals surface area contributed by atoms with Crippen molar-refractivity contribution in [2.24, 2.45) is 0 Å². The Bertz CT molecular complexity index is 925. The summed E-state index contributed by atoms with van der Waals surface area (Å²) in [6.07, 6.45) is 3.99. The average molecular weight is 343 g/mol. The fourth-order valence-electron chi connectivity index (χ4n) is 3.49. The quantitative estimate of drug-likeness (QED) is 0.796. The second kappa shape index (κ2) is 6.07. The molecule has 3 aromatic rings. The van der Waals surface area contributed by atoms with E-state index in [4.69, 9.17) is 16.7 Å². The van der Waals surface area contributed by atoms with Gasteiger partial charge in [0.1, 0.15) is 11.3 Å². The first-order valence-electron chi connectivity index (χ1n) is 8.25. The Morgan fingerprint density at radius 1 is 1.29 bits per heavy atom. The lowest BCUT2D eigenvalue weighted by Gasteiger charge is -2.22. The number of rotatable bonds is 3. The highest BCUT2D eigenvalue weighted by atomic mass is 35.5. The van der Waals surface area contributed by atoms with E-state index in [-0.39, 0.29) is 11.5 Å². The molecule has 0 amide bonds. The Hall–Kier alpha value is -2.11. The Kier molecular flexibility index (Phi) is 3.90. The van der Waals surface area contributed by atoms with Crippen molar-refractivity contribution in [3.63, 3.8) is 0 Å². The number of nitrogens with one attached hydrogen (secondary N) is 1. The molecule has 0 bridgehead atoms. The molecule has 6 heteroatoms. The summed E-state index contributed by atoms with van der Waals surface area (Å²) in [5.41, 5.74) is 1.09. The van der Waals surface area contributed by atoms with Crippen LogP contribution in [0.15, 0.2) is 47.4 Å². The van der Waals surface area contributed by atoms with Gasteiger partial charge in [0.05, 0.1) is 10.7 Å². The minimum absolute atomic E-state index is 0.117. The molecule has 4 rings (SSSR count). The van der Waals surface area contributed by atoms with Crippen molar-refractivity contribution >= 4 is 17.1 Å². The van der Waals surface area contributed by atoms with Crippen molar-refractivity contribution in [2.45, 2.75) is 31.7 Å². The zero-order valence-corrected chi connectivity index (χ0v) is 14.2. The highest BCUT2D eigenvalue weighted by Crippen LogP contribution is 2.25. The predicted octanol–water partition coefficient (Wildman–Crippen LogP) is 2.99. The maximum absolute atomic E-state index is 13.1. The van der Waals surface area contributed by atoms with Gasteiger partial charge in [-0.25, -0.2) is 4.52 Å². The number of halogens is 1. The molecular formula is C18H19ClN4O. The van der Waals surface area contributed by atoms with Crippen molar-refractivity contribution in [1.29, 1.82) is 0 Å². The predicted molar refractivity (Wildman–Crippen MR) is 95.2 cm³/mol. The van der Waals surface area contributed by atoms with Crippen LogP contribution in [0.25, 0.3) is 11.2 Å². The van der Waals surface area contributed by atoms with E-state index >= 15 is 0 Å². The summed E-state index contributed by atoms with van der Waals surface area (Å²) < 4.78 is 3.30. The van der Waals surface area contributed by atoms with Crippen LogP contribution in [-0.2, 0) is 0 Å². The molecule has 2 unspecified atom stereocenters. The van der Waals surface area contributed by atoms with Crippen LogP contribution in [-0.4, -0.2) is 26.8 Å². The van der Waals surface area contributed by atoms with Crippen LogP contribution in [0.3, 0.4) is 0 Å². The first kappa shape index (κ1) is 15.4. The van der Waals surface area contributed by atoms with Gasteiger partial charge in [0.2, 0.25) is 0 Å². The molecule has 1 N–H and O–H groups in total. The van der Waals surface area contributed by atoms with E-state index in [9.17, 15) is 4.79 Å². The number of para-hydroxylation sites is 1. The lowest BCUT2D eigenvalue weighted by molar-refractivity contribution is 0.479. The summed E-state index contributed by atoms with van der Waals surface area (Å²) in [5, 5.41) is 8.67. The van der Waals surface area contributed by atoms with Crippen LogP contribution in [0, 0.1) is 0 Å². The van der Waals surface area contributed by atoms with Gasteiger partial charge in [0.25, 0.3) is 5.56 Å². The molecule has 1 aliphatic heterocycles. The molecule has 0 saturated carbocycles. The number of nitrogens with zero attached hydrogens (tertiary/aromatic N) is 3. The van der Waals surface area contributed by atoms with E-state index in [0.29, 0.717) is 16.6 Å². The zero-order chi connectivity index (χ0) is 16.7. The number of aromatic nitrogens is 3. The number of hydrogen-bond donors (Lipinski definition) is 1. The van der Waals surface area contributed by atoms with E-state index in [1.807, 2.05) is 30.3 Å². The van der Waals surface area contributed by atoms with Gasteiger partial charge < -0.3 is 5.32 Å². The molecule has 2 atom stereocenters. The number of benzene rings is 1. The Morgan fingerprint density at radius 2 is 2.08 bits per heavy atom. The standard InChI is InChI=1S/C18H19ClN4O/c1-12(15-8-5-10-20-15)17-21-22-11-9-14(19)16(22)18(24)23(17)13-6-3-2-4-7-13/h2-4,6-7,9,11-12,15,20H,5,8,10H2,1H3. The monoisotopic (exact) mass is 342 g/mol. The fourth-order valence-corrected chi connectivity index (χ4v) is 3.71. The van der Waals surface area contributed by atoms with Gasteiger partial charge in [-0.05, 0) is 37.6 Å². The Balaban J connectivity index is 1.98. The van der Waals surface area contributed by atoms with E-state index < -0.39 is 0 Å². The number of fused-ring (bicyclic) bond motifs is 1. The van der Waals surface area contributed by atoms with Crippen LogP contribution >= 0.6 is 11.6 Å². The van der Waals surface area contributed by atoms with Crippen LogP contribution in [0.2, 0.25) is 5.02 Å². The van der Waals surface area contributed by atoms with Crippen molar-refractivity contribution < 1.29 is 0 Å². The molecule has 1 fully saturated rings. The highest BCUT2D eigenvalue weighted by Gasteiger charge is 2.27. The molecule has 3 heterocycles. The molecule has 2 aromatic heterocycles. The third-order valence-electron chi connectivity index (χ3n) is 4.79. The van der Waals surface area contributed by atoms with Gasteiger partial charge in [0.15, 0.2) is 0 Å². The molecule has 24 heavy (non-hydrogen) atoms. The van der Waals surface area contributed by atoms with Gasteiger partial charge in [0, 0.05) is 18.2 Å². The molecule has 1 aliphatic rings. The second-order valence-electron chi connectivity index (χ2n) is 6.28. The lowest BCUT2D eigenvalue weighted by atomic mass is 9.99. The van der Waals surface area contributed by atoms with E-state index in [0.717, 1.165) is 30.9 Å². The van der Waals surface area contributed by atoms with Crippen LogP contribution in [0.1, 0.15) is 31.5 Å². The van der Waals surface area contributed by atoms with Gasteiger partial charge in [-0.3, -0.25) is 9.36 Å². The molecular weight excluding hydrogens is 324 g/mol. The highest BCUT2D eigenvalue weighted by molar-refractivity contribution is 6.33. The maximum atomic E-state index is 13.1. The van der Waals surface area contributed by atoms with Gasteiger partial charge >= 0.3 is 0 Å². The average Bonchev–Trinajstić information content (AvgIpc) is 3.25. The van der Waals surface area contributed by atoms with Crippen LogP contribution in [0.5, 0.6) is 0 Å².